The van der Waals surface area contributed by atoms with Gasteiger partial charge in [0.2, 0.25) is 11.8 Å². The number of phenols is 1. The van der Waals surface area contributed by atoms with Gasteiger partial charge in [0, 0.05) is 44.8 Å². The maximum Gasteiger partial charge on any atom is 0.243 e. The lowest BCUT2D eigenvalue weighted by atomic mass is 9.88. The highest BCUT2D eigenvalue weighted by Gasteiger charge is 2.35. The first-order chi connectivity index (χ1) is 25.4. The molecule has 2 saturated heterocycles. The molecule has 0 bridgehead atoms. The number of aromatic hydroxyl groups is 1. The number of hydrogen-bond acceptors (Lipinski definition) is 7. The molecule has 0 radical (unpaired) electrons. The molecule has 8 nitrogen and oxygen atoms in total. The Hall–Kier alpha value is -4.92. The number of allylic oxidation sites excluding steroid dienone is 1. The van der Waals surface area contributed by atoms with Gasteiger partial charge in [0.1, 0.15) is 11.5 Å². The van der Waals surface area contributed by atoms with Gasteiger partial charge < -0.3 is 19.6 Å². The van der Waals surface area contributed by atoms with Crippen LogP contribution in [0.2, 0.25) is 0 Å². The van der Waals surface area contributed by atoms with Crippen LogP contribution in [0, 0.1) is 0 Å². The van der Waals surface area contributed by atoms with Crippen LogP contribution < -0.4 is 15.0 Å². The molecule has 3 aliphatic heterocycles. The number of carbonyl (C=O) groups is 2. The number of nitrogens with zero attached hydrogens (tertiary/aromatic N) is 3. The second kappa shape index (κ2) is 16.6. The van der Waals surface area contributed by atoms with Gasteiger partial charge in [0.15, 0.2) is 0 Å². The Kier molecular flexibility index (Phi) is 11.3. The number of phenolic OH excluding ortho intramolecular Hbond substituents is 1. The smallest absolute Gasteiger partial charge is 0.243 e. The molecule has 2 amide bonds. The van der Waals surface area contributed by atoms with E-state index in [9.17, 15) is 14.7 Å². The molecule has 2 fully saturated rings. The van der Waals surface area contributed by atoms with Gasteiger partial charge in [-0.05, 0) is 121 Å². The van der Waals surface area contributed by atoms with E-state index in [1.54, 1.807) is 12.1 Å². The molecular weight excluding hydrogens is 649 g/mol. The largest absolute Gasteiger partial charge is 0.508 e. The first kappa shape index (κ1) is 35.5. The fourth-order valence-electron chi connectivity index (χ4n) is 7.96. The molecule has 4 aromatic carbocycles. The van der Waals surface area contributed by atoms with Crippen molar-refractivity contribution in [1.29, 1.82) is 0 Å². The summed E-state index contributed by atoms with van der Waals surface area (Å²) in [4.78, 5) is 31.4. The molecular formula is C44H50N4O4. The van der Waals surface area contributed by atoms with Crippen LogP contribution in [0.3, 0.4) is 0 Å². The Morgan fingerprint density at radius 3 is 2.31 bits per heavy atom. The molecule has 3 heterocycles. The standard InChI is InChI=1S/C44H50N4O4/c1-2-40(32-9-4-3-5-10-32)43(33-12-17-38(49)18-13-33)34-14-19-39(20-15-34)52-28-7-6-23-46-24-8-25-47(27-26-46)37-16-11-35-30-48(31-36(35)29-37)41-21-22-42(50)45-44(41)51/h3-5,9-20,29,41,49H,2,6-8,21-28,30-31H2,1H3,(H,45,50,51). The van der Waals surface area contributed by atoms with Crippen LogP contribution in [0.4, 0.5) is 5.69 Å². The summed E-state index contributed by atoms with van der Waals surface area (Å²) in [6.07, 6.45) is 5.13. The SMILES string of the molecule is CCC(=C(c1ccc(O)cc1)c1ccc(OCCCCN2CCCN(c3ccc4c(c3)CN(C3CCC(=O)NC3=O)C4)CC2)cc1)c1ccccc1. The van der Waals surface area contributed by atoms with Crippen LogP contribution in [-0.2, 0) is 22.7 Å². The molecule has 3 aliphatic rings. The number of rotatable bonds is 12. The molecule has 0 aromatic heterocycles. The van der Waals surface area contributed by atoms with Gasteiger partial charge in [-0.1, -0.05) is 67.6 Å². The molecule has 2 N–H and O–H groups in total. The molecule has 270 valence electrons. The topological polar surface area (TPSA) is 85.3 Å². The second-order valence-electron chi connectivity index (χ2n) is 14.2. The number of unbranched alkanes of at least 4 members (excludes halogenated alkanes) is 1. The lowest BCUT2D eigenvalue weighted by Crippen LogP contribution is -2.50. The van der Waals surface area contributed by atoms with Gasteiger partial charge in [-0.15, -0.1) is 0 Å². The Morgan fingerprint density at radius 2 is 1.56 bits per heavy atom. The van der Waals surface area contributed by atoms with Crippen molar-refractivity contribution in [1.82, 2.24) is 15.1 Å². The Labute approximate surface area is 307 Å². The van der Waals surface area contributed by atoms with E-state index in [0.29, 0.717) is 19.4 Å². The number of piperidine rings is 1. The van der Waals surface area contributed by atoms with Crippen molar-refractivity contribution < 1.29 is 19.4 Å². The number of fused-ring (bicyclic) bond motifs is 1. The summed E-state index contributed by atoms with van der Waals surface area (Å²) in [5, 5.41) is 12.5. The van der Waals surface area contributed by atoms with Crippen molar-refractivity contribution in [2.24, 2.45) is 0 Å². The van der Waals surface area contributed by atoms with E-state index in [2.05, 4.69) is 93.7 Å². The van der Waals surface area contributed by atoms with Crippen LogP contribution >= 0.6 is 0 Å². The summed E-state index contributed by atoms with van der Waals surface area (Å²) < 4.78 is 6.20. The normalized spacial score (nSPS) is 18.8. The zero-order valence-electron chi connectivity index (χ0n) is 30.2. The number of nitrogens with one attached hydrogen (secondary N) is 1. The molecule has 7 rings (SSSR count). The third-order valence-electron chi connectivity index (χ3n) is 10.8. The molecule has 0 aliphatic carbocycles. The van der Waals surface area contributed by atoms with E-state index < -0.39 is 0 Å². The zero-order chi connectivity index (χ0) is 35.9. The molecule has 0 saturated carbocycles. The summed E-state index contributed by atoms with van der Waals surface area (Å²) in [5.74, 6) is 0.828. The maximum atomic E-state index is 12.4. The summed E-state index contributed by atoms with van der Waals surface area (Å²) >= 11 is 0. The fraction of sp³-hybridized carbons (Fsp3) is 0.364. The van der Waals surface area contributed by atoms with E-state index >= 15 is 0 Å². The Bertz CT molecular complexity index is 1870. The van der Waals surface area contributed by atoms with Crippen molar-refractivity contribution in [2.75, 3.05) is 44.2 Å². The van der Waals surface area contributed by atoms with E-state index in [0.717, 1.165) is 88.4 Å². The van der Waals surface area contributed by atoms with Crippen LogP contribution in [0.25, 0.3) is 11.1 Å². The van der Waals surface area contributed by atoms with Crippen molar-refractivity contribution in [3.05, 3.63) is 125 Å². The highest BCUT2D eigenvalue weighted by atomic mass is 16.5. The Balaban J connectivity index is 0.883. The molecule has 4 aromatic rings. The number of amides is 2. The van der Waals surface area contributed by atoms with E-state index in [4.69, 9.17) is 4.74 Å². The predicted octanol–water partition coefficient (Wildman–Crippen LogP) is 7.25. The van der Waals surface area contributed by atoms with Gasteiger partial charge in [-0.25, -0.2) is 0 Å². The fourth-order valence-corrected chi connectivity index (χ4v) is 7.96. The summed E-state index contributed by atoms with van der Waals surface area (Å²) in [6.45, 7) is 9.66. The lowest BCUT2D eigenvalue weighted by Gasteiger charge is -2.29. The molecule has 52 heavy (non-hydrogen) atoms. The van der Waals surface area contributed by atoms with Crippen molar-refractivity contribution >= 4 is 28.6 Å². The van der Waals surface area contributed by atoms with Gasteiger partial charge in [0.25, 0.3) is 0 Å². The first-order valence-corrected chi connectivity index (χ1v) is 18.9. The molecule has 1 unspecified atom stereocenters. The summed E-state index contributed by atoms with van der Waals surface area (Å²) in [7, 11) is 0. The van der Waals surface area contributed by atoms with Gasteiger partial charge >= 0.3 is 0 Å². The minimum absolute atomic E-state index is 0.156. The van der Waals surface area contributed by atoms with E-state index in [1.165, 1.54) is 33.5 Å². The number of hydrogen-bond donors (Lipinski definition) is 2. The average molecular weight is 699 g/mol. The average Bonchev–Trinajstić information content (AvgIpc) is 3.44. The quantitative estimate of drug-likeness (QED) is 0.0916. The van der Waals surface area contributed by atoms with Crippen molar-refractivity contribution in [2.45, 2.75) is 64.6 Å². The second-order valence-corrected chi connectivity index (χ2v) is 14.2. The highest BCUT2D eigenvalue weighted by Crippen LogP contribution is 2.36. The third kappa shape index (κ3) is 8.41. The van der Waals surface area contributed by atoms with Crippen LogP contribution in [-0.4, -0.2) is 72.1 Å². The monoisotopic (exact) mass is 698 g/mol. The highest BCUT2D eigenvalue weighted by molar-refractivity contribution is 6.00. The van der Waals surface area contributed by atoms with Crippen LogP contribution in [0.1, 0.15) is 73.3 Å². The van der Waals surface area contributed by atoms with E-state index in [-0.39, 0.29) is 23.6 Å². The summed E-state index contributed by atoms with van der Waals surface area (Å²) in [6, 6.07) is 33.0. The number of imide groups is 1. The van der Waals surface area contributed by atoms with Gasteiger partial charge in [-0.3, -0.25) is 19.8 Å². The number of carbonyl (C=O) groups excluding carboxylic acids is 2. The van der Waals surface area contributed by atoms with Crippen LogP contribution in [0.15, 0.2) is 97.1 Å². The number of benzene rings is 4. The van der Waals surface area contributed by atoms with Crippen LogP contribution in [0.5, 0.6) is 11.5 Å². The molecule has 1 atom stereocenters. The third-order valence-corrected chi connectivity index (χ3v) is 10.8. The summed E-state index contributed by atoms with van der Waals surface area (Å²) in [5.41, 5.74) is 9.69. The maximum absolute atomic E-state index is 12.4. The Morgan fingerprint density at radius 1 is 0.808 bits per heavy atom. The molecule has 8 heteroatoms. The van der Waals surface area contributed by atoms with Crippen molar-refractivity contribution in [3.63, 3.8) is 0 Å². The molecule has 0 spiro atoms. The minimum Gasteiger partial charge on any atom is -0.508 e. The lowest BCUT2D eigenvalue weighted by molar-refractivity contribution is -0.137. The van der Waals surface area contributed by atoms with Gasteiger partial charge in [0.05, 0.1) is 12.6 Å². The predicted molar refractivity (Wildman–Crippen MR) is 207 cm³/mol. The van der Waals surface area contributed by atoms with E-state index in [1.807, 2.05) is 18.2 Å². The van der Waals surface area contributed by atoms with Crippen molar-refractivity contribution in [3.8, 4) is 11.5 Å². The first-order valence-electron chi connectivity index (χ1n) is 18.9. The minimum atomic E-state index is -0.224. The zero-order valence-corrected chi connectivity index (χ0v) is 30.2. The van der Waals surface area contributed by atoms with Gasteiger partial charge in [-0.2, -0.15) is 0 Å². The number of ether oxygens (including phenoxy) is 1. The number of anilines is 1.